The Morgan fingerprint density at radius 2 is 1.72 bits per heavy atom. The molecule has 246 valence electrons. The molecule has 0 bridgehead atoms. The summed E-state index contributed by atoms with van der Waals surface area (Å²) >= 11 is 0. The number of cyclic esters (lactones) is 1. The predicted molar refractivity (Wildman–Crippen MR) is 169 cm³/mol. The minimum atomic E-state index is -0.991. The zero-order valence-electron chi connectivity index (χ0n) is 26.5. The van der Waals surface area contributed by atoms with Crippen LogP contribution in [0.2, 0.25) is 0 Å². The molecule has 0 saturated carbocycles. The van der Waals surface area contributed by atoms with Crippen molar-refractivity contribution in [2.75, 3.05) is 27.4 Å². The Balaban J connectivity index is 1.48. The first-order valence-corrected chi connectivity index (χ1v) is 15.5. The van der Waals surface area contributed by atoms with E-state index in [9.17, 15) is 14.4 Å². The van der Waals surface area contributed by atoms with Crippen LogP contribution in [0.3, 0.4) is 0 Å². The highest BCUT2D eigenvalue weighted by Crippen LogP contribution is 2.30. The lowest BCUT2D eigenvalue weighted by molar-refractivity contribution is -0.163. The number of aryl methyl sites for hydroxylation is 1. The molecule has 2 heterocycles. The summed E-state index contributed by atoms with van der Waals surface area (Å²) in [6.45, 7) is 2.36. The molecule has 1 amide bonds. The van der Waals surface area contributed by atoms with Crippen molar-refractivity contribution in [1.82, 2.24) is 10.3 Å². The molecule has 4 rings (SSSR count). The number of amides is 1. The summed E-state index contributed by atoms with van der Waals surface area (Å²) in [5.74, 6) is -1.27. The van der Waals surface area contributed by atoms with E-state index in [1.807, 2.05) is 48.5 Å². The highest BCUT2D eigenvalue weighted by molar-refractivity contribution is 5.98. The van der Waals surface area contributed by atoms with Gasteiger partial charge >= 0.3 is 11.9 Å². The van der Waals surface area contributed by atoms with Gasteiger partial charge in [0, 0.05) is 26.0 Å². The van der Waals surface area contributed by atoms with Crippen LogP contribution in [0, 0.1) is 0 Å². The molecule has 11 heteroatoms. The maximum atomic E-state index is 13.5. The van der Waals surface area contributed by atoms with E-state index in [0.29, 0.717) is 25.2 Å². The molecular formula is C35H42N2O9. The van der Waals surface area contributed by atoms with Gasteiger partial charge in [0.15, 0.2) is 11.4 Å². The van der Waals surface area contributed by atoms with Crippen molar-refractivity contribution in [3.05, 3.63) is 84.2 Å². The van der Waals surface area contributed by atoms with Gasteiger partial charge in [-0.25, -0.2) is 9.78 Å². The van der Waals surface area contributed by atoms with Crippen LogP contribution >= 0.6 is 0 Å². The largest absolute Gasteiger partial charge is 0.493 e. The number of aromatic nitrogens is 1. The maximum absolute atomic E-state index is 13.5. The van der Waals surface area contributed by atoms with Gasteiger partial charge in [-0.2, -0.15) is 0 Å². The van der Waals surface area contributed by atoms with Gasteiger partial charge in [-0.3, -0.25) is 9.59 Å². The molecule has 46 heavy (non-hydrogen) atoms. The van der Waals surface area contributed by atoms with E-state index in [1.165, 1.54) is 32.0 Å². The summed E-state index contributed by atoms with van der Waals surface area (Å²) in [6, 6.07) is 20.1. The summed E-state index contributed by atoms with van der Waals surface area (Å²) < 4.78 is 34.3. The summed E-state index contributed by atoms with van der Waals surface area (Å²) in [4.78, 5) is 43.4. The first kappa shape index (κ1) is 34.4. The number of nitrogens with one attached hydrogen (secondary N) is 1. The molecule has 1 saturated heterocycles. The molecule has 4 atom stereocenters. The predicted octanol–water partition coefficient (Wildman–Crippen LogP) is 4.71. The number of hydrogen-bond acceptors (Lipinski definition) is 10. The molecule has 0 aliphatic carbocycles. The van der Waals surface area contributed by atoms with Gasteiger partial charge in [-0.05, 0) is 56.7 Å². The van der Waals surface area contributed by atoms with Gasteiger partial charge in [-0.1, -0.05) is 48.5 Å². The number of ether oxygens (including phenoxy) is 6. The van der Waals surface area contributed by atoms with Crippen LogP contribution < -0.4 is 19.5 Å². The fourth-order valence-corrected chi connectivity index (χ4v) is 5.18. The second kappa shape index (κ2) is 17.9. The van der Waals surface area contributed by atoms with Crippen molar-refractivity contribution in [2.45, 2.75) is 69.8 Å². The molecule has 0 spiro atoms. The van der Waals surface area contributed by atoms with Crippen molar-refractivity contribution in [3.63, 3.8) is 0 Å². The van der Waals surface area contributed by atoms with Gasteiger partial charge in [-0.15, -0.1) is 0 Å². The third kappa shape index (κ3) is 10.0. The van der Waals surface area contributed by atoms with E-state index < -0.39 is 42.2 Å². The van der Waals surface area contributed by atoms with E-state index in [2.05, 4.69) is 22.4 Å². The molecule has 1 aliphatic rings. The highest BCUT2D eigenvalue weighted by atomic mass is 16.6. The van der Waals surface area contributed by atoms with Crippen LogP contribution in [0.4, 0.5) is 0 Å². The third-order valence-electron chi connectivity index (χ3n) is 7.53. The second-order valence-corrected chi connectivity index (χ2v) is 10.9. The zero-order chi connectivity index (χ0) is 32.7. The smallest absolute Gasteiger partial charge is 0.329 e. The number of para-hydroxylation sites is 1. The van der Waals surface area contributed by atoms with Gasteiger partial charge in [0.25, 0.3) is 5.91 Å². The Morgan fingerprint density at radius 3 is 2.43 bits per heavy atom. The van der Waals surface area contributed by atoms with E-state index in [1.54, 1.807) is 6.92 Å². The average molecular weight is 635 g/mol. The highest BCUT2D eigenvalue weighted by Gasteiger charge is 2.37. The number of nitrogens with zero attached hydrogens (tertiary/aromatic N) is 1. The SMILES string of the molecule is COCCC(=O)Oc1c(OC)ccnc1C(=O)N[C@H]1CCC[C@H](Oc2ccccc2)[C@@H](OCCCc2ccccc2)[C@H](C)OC1=O. The topological polar surface area (TPSA) is 132 Å². The first-order chi connectivity index (χ1) is 22.4. The quantitative estimate of drug-likeness (QED) is 0.196. The monoisotopic (exact) mass is 634 g/mol. The van der Waals surface area contributed by atoms with Crippen LogP contribution in [-0.2, 0) is 30.2 Å². The van der Waals surface area contributed by atoms with Crippen LogP contribution in [0.1, 0.15) is 55.1 Å². The number of hydrogen-bond donors (Lipinski definition) is 1. The Kier molecular flexibility index (Phi) is 13.4. The maximum Gasteiger partial charge on any atom is 0.329 e. The Morgan fingerprint density at radius 1 is 0.978 bits per heavy atom. The van der Waals surface area contributed by atoms with Crippen LogP contribution in [-0.4, -0.2) is 74.6 Å². The van der Waals surface area contributed by atoms with Gasteiger partial charge < -0.3 is 33.7 Å². The molecule has 2 aromatic carbocycles. The number of rotatable bonds is 14. The fourth-order valence-electron chi connectivity index (χ4n) is 5.18. The zero-order valence-corrected chi connectivity index (χ0v) is 26.5. The van der Waals surface area contributed by atoms with Crippen LogP contribution in [0.5, 0.6) is 17.2 Å². The number of methoxy groups -OCH3 is 2. The van der Waals surface area contributed by atoms with Crippen molar-refractivity contribution >= 4 is 17.8 Å². The fraction of sp³-hybridized carbons (Fsp3) is 0.429. The number of esters is 2. The van der Waals surface area contributed by atoms with E-state index in [4.69, 9.17) is 28.4 Å². The molecule has 1 aromatic heterocycles. The number of pyridine rings is 1. The van der Waals surface area contributed by atoms with Crippen molar-refractivity contribution in [1.29, 1.82) is 0 Å². The van der Waals surface area contributed by atoms with Crippen molar-refractivity contribution < 1.29 is 42.8 Å². The van der Waals surface area contributed by atoms with Crippen LogP contribution in [0.25, 0.3) is 0 Å². The molecular weight excluding hydrogens is 592 g/mol. The second-order valence-electron chi connectivity index (χ2n) is 10.9. The molecule has 3 aromatic rings. The number of benzene rings is 2. The van der Waals surface area contributed by atoms with Gasteiger partial charge in [0.2, 0.25) is 5.75 Å². The third-order valence-corrected chi connectivity index (χ3v) is 7.53. The van der Waals surface area contributed by atoms with E-state index >= 15 is 0 Å². The number of carbonyl (C=O) groups is 3. The Bertz CT molecular complexity index is 1400. The molecule has 0 radical (unpaired) electrons. The molecule has 1 N–H and O–H groups in total. The minimum absolute atomic E-state index is 0.0375. The first-order valence-electron chi connectivity index (χ1n) is 15.5. The summed E-state index contributed by atoms with van der Waals surface area (Å²) in [7, 11) is 2.85. The Hall–Kier alpha value is -4.48. The molecule has 0 unspecified atom stereocenters. The van der Waals surface area contributed by atoms with E-state index in [0.717, 1.165) is 12.8 Å². The normalized spacial score (nSPS) is 19.9. The average Bonchev–Trinajstić information content (AvgIpc) is 3.11. The standard InChI is InChI=1S/C35H42N2O9/c1-24-32(43-22-11-14-25-12-6-4-7-13-25)29(45-26-15-8-5-9-16-26)18-10-17-27(35(40)44-24)37-34(39)31-33(28(42-3)19-21-36-31)46-30(38)20-23-41-2/h4-9,12-13,15-16,19,21,24,27,29,32H,10-11,14,17-18,20,22-23H2,1-3H3,(H,37,39)/t24-,27-,29-,32-/m0/s1. The van der Waals surface area contributed by atoms with Gasteiger partial charge in [0.05, 0.1) is 20.1 Å². The lowest BCUT2D eigenvalue weighted by atomic mass is 10.0. The van der Waals surface area contributed by atoms with Crippen molar-refractivity contribution in [2.24, 2.45) is 0 Å². The van der Waals surface area contributed by atoms with Gasteiger partial charge in [0.1, 0.15) is 30.1 Å². The van der Waals surface area contributed by atoms with E-state index in [-0.39, 0.29) is 36.6 Å². The summed E-state index contributed by atoms with van der Waals surface area (Å²) in [5.41, 5.74) is 1.02. The molecule has 1 fully saturated rings. The Labute approximate surface area is 269 Å². The van der Waals surface area contributed by atoms with Crippen LogP contribution in [0.15, 0.2) is 72.9 Å². The lowest BCUT2D eigenvalue weighted by Gasteiger charge is -2.31. The molecule has 1 aliphatic heterocycles. The number of carbonyl (C=O) groups excluding carboxylic acids is 3. The summed E-state index contributed by atoms with van der Waals surface area (Å²) in [6.07, 6.45) is 2.67. The van der Waals surface area contributed by atoms with Crippen molar-refractivity contribution in [3.8, 4) is 17.2 Å². The summed E-state index contributed by atoms with van der Waals surface area (Å²) in [5, 5.41) is 2.73. The molecule has 11 nitrogen and oxygen atoms in total. The lowest BCUT2D eigenvalue weighted by Crippen LogP contribution is -2.46. The minimum Gasteiger partial charge on any atom is -0.493 e.